The van der Waals surface area contributed by atoms with E-state index < -0.39 is 0 Å². The second-order valence-electron chi connectivity index (χ2n) is 5.15. The highest BCUT2D eigenvalue weighted by molar-refractivity contribution is 4.90. The molecule has 0 radical (unpaired) electrons. The van der Waals surface area contributed by atoms with E-state index in [1.807, 2.05) is 0 Å². The molecule has 0 aliphatic heterocycles. The van der Waals surface area contributed by atoms with E-state index in [2.05, 4.69) is 34.6 Å². The van der Waals surface area contributed by atoms with Crippen LogP contribution in [0.1, 0.15) is 47.5 Å². The summed E-state index contributed by atoms with van der Waals surface area (Å²) in [6.07, 6.45) is 2.89. The van der Waals surface area contributed by atoms with Crippen molar-refractivity contribution in [2.75, 3.05) is 0 Å². The molecule has 0 bridgehead atoms. The molecule has 0 heterocycles. The number of rotatable bonds is 1. The second-order valence-corrected chi connectivity index (χ2v) is 5.15. The fraction of sp³-hybridized carbons (Fsp3) is 1.00. The van der Waals surface area contributed by atoms with Crippen molar-refractivity contribution in [1.29, 1.82) is 0 Å². The third kappa shape index (κ3) is 1.45. The average Bonchev–Trinajstić information content (AvgIpc) is 2.08. The molecule has 0 saturated heterocycles. The molecule has 1 rings (SSSR count). The zero-order chi connectivity index (χ0) is 8.65. The van der Waals surface area contributed by atoms with Gasteiger partial charge >= 0.3 is 0 Å². The highest BCUT2D eigenvalue weighted by Crippen LogP contribution is 2.50. The average molecular weight is 154 g/mol. The maximum atomic E-state index is 2.44. The Morgan fingerprint density at radius 3 is 1.91 bits per heavy atom. The Hall–Kier alpha value is 0. The van der Waals surface area contributed by atoms with Crippen LogP contribution >= 0.6 is 0 Å². The van der Waals surface area contributed by atoms with Crippen LogP contribution < -0.4 is 0 Å². The van der Waals surface area contributed by atoms with Crippen molar-refractivity contribution in [3.05, 3.63) is 0 Å². The van der Waals surface area contributed by atoms with Crippen molar-refractivity contribution < 1.29 is 0 Å². The molecule has 0 nitrogen and oxygen atoms in total. The van der Waals surface area contributed by atoms with E-state index in [0.717, 1.165) is 17.8 Å². The summed E-state index contributed by atoms with van der Waals surface area (Å²) in [5, 5.41) is 0. The summed E-state index contributed by atoms with van der Waals surface area (Å²) in [5.74, 6) is 2.75. The maximum absolute atomic E-state index is 2.44. The first-order chi connectivity index (χ1) is 4.96. The van der Waals surface area contributed by atoms with E-state index in [0.29, 0.717) is 5.41 Å². The fourth-order valence-electron chi connectivity index (χ4n) is 2.73. The molecule has 1 aliphatic carbocycles. The lowest BCUT2D eigenvalue weighted by Crippen LogP contribution is -2.26. The summed E-state index contributed by atoms with van der Waals surface area (Å²) in [7, 11) is 0. The standard InChI is InChI=1S/C11H22/c1-8(2)10-7-6-9(3)11(10,4)5/h8-10H,6-7H2,1-5H3. The first-order valence-electron chi connectivity index (χ1n) is 4.96. The quantitative estimate of drug-likeness (QED) is 0.540. The van der Waals surface area contributed by atoms with E-state index in [1.54, 1.807) is 0 Å². The van der Waals surface area contributed by atoms with E-state index in [-0.39, 0.29) is 0 Å². The fourth-order valence-corrected chi connectivity index (χ4v) is 2.73. The van der Waals surface area contributed by atoms with Gasteiger partial charge in [-0.2, -0.15) is 0 Å². The molecule has 1 saturated carbocycles. The van der Waals surface area contributed by atoms with Gasteiger partial charge in [-0.1, -0.05) is 34.6 Å². The van der Waals surface area contributed by atoms with E-state index in [9.17, 15) is 0 Å². The minimum atomic E-state index is 0.591. The molecule has 2 unspecified atom stereocenters. The van der Waals surface area contributed by atoms with Crippen molar-refractivity contribution in [1.82, 2.24) is 0 Å². The summed E-state index contributed by atoms with van der Waals surface area (Å²) in [6.45, 7) is 12.0. The molecule has 1 aliphatic rings. The Bertz CT molecular complexity index is 133. The molecule has 0 spiro atoms. The first-order valence-corrected chi connectivity index (χ1v) is 4.96. The smallest absolute Gasteiger partial charge is 0.0298 e. The van der Waals surface area contributed by atoms with Crippen LogP contribution in [0.15, 0.2) is 0 Å². The van der Waals surface area contributed by atoms with Crippen LogP contribution in [0.25, 0.3) is 0 Å². The van der Waals surface area contributed by atoms with Gasteiger partial charge in [-0.15, -0.1) is 0 Å². The molecule has 1 fully saturated rings. The Labute approximate surface area is 71.4 Å². The third-order valence-corrected chi connectivity index (χ3v) is 3.94. The van der Waals surface area contributed by atoms with Gasteiger partial charge in [0.1, 0.15) is 0 Å². The number of hydrogen-bond donors (Lipinski definition) is 0. The summed E-state index contributed by atoms with van der Waals surface area (Å²) in [6, 6.07) is 0. The Kier molecular flexibility index (Phi) is 2.32. The van der Waals surface area contributed by atoms with Gasteiger partial charge in [-0.25, -0.2) is 0 Å². The van der Waals surface area contributed by atoms with Crippen LogP contribution in [0.2, 0.25) is 0 Å². The summed E-state index contributed by atoms with van der Waals surface area (Å²) < 4.78 is 0. The molecule has 0 aromatic carbocycles. The van der Waals surface area contributed by atoms with Crippen LogP contribution in [-0.2, 0) is 0 Å². The lowest BCUT2D eigenvalue weighted by molar-refractivity contribution is 0.154. The topological polar surface area (TPSA) is 0 Å². The maximum Gasteiger partial charge on any atom is -0.0298 e. The van der Waals surface area contributed by atoms with E-state index >= 15 is 0 Å². The largest absolute Gasteiger partial charge is 0.0625 e. The highest BCUT2D eigenvalue weighted by Gasteiger charge is 2.41. The van der Waals surface area contributed by atoms with Crippen molar-refractivity contribution in [2.24, 2.45) is 23.2 Å². The van der Waals surface area contributed by atoms with Crippen LogP contribution in [0.5, 0.6) is 0 Å². The van der Waals surface area contributed by atoms with Gasteiger partial charge in [0.2, 0.25) is 0 Å². The highest BCUT2D eigenvalue weighted by atomic mass is 14.5. The summed E-state index contributed by atoms with van der Waals surface area (Å²) in [4.78, 5) is 0. The predicted octanol–water partition coefficient (Wildman–Crippen LogP) is 3.71. The molecule has 0 aromatic heterocycles. The summed E-state index contributed by atoms with van der Waals surface area (Å²) >= 11 is 0. The lowest BCUT2D eigenvalue weighted by Gasteiger charge is -2.33. The third-order valence-electron chi connectivity index (χ3n) is 3.94. The molecule has 0 N–H and O–H groups in total. The number of hydrogen-bond acceptors (Lipinski definition) is 0. The van der Waals surface area contributed by atoms with Crippen LogP contribution in [0, 0.1) is 23.2 Å². The first kappa shape index (κ1) is 9.09. The molecule has 0 amide bonds. The Morgan fingerprint density at radius 1 is 1.18 bits per heavy atom. The molecule has 2 atom stereocenters. The van der Waals surface area contributed by atoms with Crippen molar-refractivity contribution >= 4 is 0 Å². The molecule has 11 heavy (non-hydrogen) atoms. The molecular weight excluding hydrogens is 132 g/mol. The van der Waals surface area contributed by atoms with Crippen molar-refractivity contribution in [2.45, 2.75) is 47.5 Å². The van der Waals surface area contributed by atoms with Gasteiger partial charge in [0.05, 0.1) is 0 Å². The van der Waals surface area contributed by atoms with Gasteiger partial charge < -0.3 is 0 Å². The van der Waals surface area contributed by atoms with Crippen LogP contribution in [0.3, 0.4) is 0 Å². The molecule has 66 valence electrons. The zero-order valence-corrected chi connectivity index (χ0v) is 8.65. The Morgan fingerprint density at radius 2 is 1.73 bits per heavy atom. The van der Waals surface area contributed by atoms with E-state index in [1.165, 1.54) is 12.8 Å². The van der Waals surface area contributed by atoms with Crippen molar-refractivity contribution in [3.8, 4) is 0 Å². The minimum Gasteiger partial charge on any atom is -0.0625 e. The minimum absolute atomic E-state index is 0.591. The Balaban J connectivity index is 2.70. The predicted molar refractivity (Wildman–Crippen MR) is 50.5 cm³/mol. The zero-order valence-electron chi connectivity index (χ0n) is 8.65. The molecule has 0 heteroatoms. The van der Waals surface area contributed by atoms with Gasteiger partial charge in [0.25, 0.3) is 0 Å². The van der Waals surface area contributed by atoms with Gasteiger partial charge in [0, 0.05) is 0 Å². The van der Waals surface area contributed by atoms with Gasteiger partial charge in [-0.3, -0.25) is 0 Å². The van der Waals surface area contributed by atoms with Gasteiger partial charge in [-0.05, 0) is 36.0 Å². The van der Waals surface area contributed by atoms with Crippen LogP contribution in [0.4, 0.5) is 0 Å². The SMILES string of the molecule is CC(C)C1CCC(C)C1(C)C. The normalized spacial score (nSPS) is 36.5. The van der Waals surface area contributed by atoms with Crippen molar-refractivity contribution in [3.63, 3.8) is 0 Å². The monoisotopic (exact) mass is 154 g/mol. The lowest BCUT2D eigenvalue weighted by atomic mass is 9.72. The van der Waals surface area contributed by atoms with Gasteiger partial charge in [0.15, 0.2) is 0 Å². The van der Waals surface area contributed by atoms with Crippen LogP contribution in [-0.4, -0.2) is 0 Å². The summed E-state index contributed by atoms with van der Waals surface area (Å²) in [5.41, 5.74) is 0.591. The molecule has 0 aromatic rings. The van der Waals surface area contributed by atoms with E-state index in [4.69, 9.17) is 0 Å². The second kappa shape index (κ2) is 2.80. The molecular formula is C11H22.